The van der Waals surface area contributed by atoms with Crippen molar-refractivity contribution in [2.75, 3.05) is 11.4 Å². The lowest BCUT2D eigenvalue weighted by molar-refractivity contribution is -0.125. The lowest BCUT2D eigenvalue weighted by atomic mass is 10.1. The van der Waals surface area contributed by atoms with E-state index in [1.165, 1.54) is 23.1 Å². The molecule has 0 bridgehead atoms. The molecule has 0 saturated carbocycles. The Morgan fingerprint density at radius 2 is 2.00 bits per heavy atom. The van der Waals surface area contributed by atoms with Gasteiger partial charge in [0.1, 0.15) is 24.7 Å². The fraction of sp³-hybridized carbons (Fsp3) is 0.350. The smallest absolute Gasteiger partial charge is 0.251 e. The highest BCUT2D eigenvalue weighted by Gasteiger charge is 2.23. The second-order valence-electron chi connectivity index (χ2n) is 7.81. The molecule has 0 unspecified atom stereocenters. The Morgan fingerprint density at radius 1 is 1.23 bits per heavy atom. The molecule has 1 aromatic carbocycles. The summed E-state index contributed by atoms with van der Waals surface area (Å²) in [5.74, 6) is -0.0329. The van der Waals surface area contributed by atoms with E-state index < -0.39 is 17.3 Å². The molecule has 0 aliphatic carbocycles. The molecule has 0 spiro atoms. The zero-order chi connectivity index (χ0) is 21.9. The summed E-state index contributed by atoms with van der Waals surface area (Å²) in [6.45, 7) is 6.71. The zero-order valence-corrected chi connectivity index (χ0v) is 17.2. The van der Waals surface area contributed by atoms with Crippen molar-refractivity contribution >= 4 is 17.5 Å². The molecule has 0 radical (unpaired) electrons. The molecule has 158 valence electrons. The molecule has 10 heteroatoms. The molecule has 0 saturated heterocycles. The Kier molecular flexibility index (Phi) is 5.95. The summed E-state index contributed by atoms with van der Waals surface area (Å²) in [6.07, 6.45) is 0. The van der Waals surface area contributed by atoms with Crippen LogP contribution in [0.25, 0.3) is 11.6 Å². The molecule has 9 nitrogen and oxygen atoms in total. The first-order chi connectivity index (χ1) is 14.1. The van der Waals surface area contributed by atoms with Crippen molar-refractivity contribution in [3.63, 3.8) is 0 Å². The standard InChI is InChI=1S/C20H23FN6O3/c1-13-8-9-16(30-13)19-23-25-27(24-19)12-18(29)26(11-17(28)22-20(2,3)4)15-7-5-6-14(21)10-15/h5-10H,11-12H2,1-4H3,(H,22,28). The van der Waals surface area contributed by atoms with Gasteiger partial charge in [0.2, 0.25) is 11.7 Å². The van der Waals surface area contributed by atoms with Crippen LogP contribution in [0.15, 0.2) is 40.8 Å². The summed E-state index contributed by atoms with van der Waals surface area (Å²) in [7, 11) is 0. The number of carbonyl (C=O) groups is 2. The van der Waals surface area contributed by atoms with Gasteiger partial charge in [-0.3, -0.25) is 9.59 Å². The molecule has 0 atom stereocenters. The van der Waals surface area contributed by atoms with E-state index in [1.54, 1.807) is 25.1 Å². The van der Waals surface area contributed by atoms with Gasteiger partial charge in [0.15, 0.2) is 5.76 Å². The van der Waals surface area contributed by atoms with Crippen LogP contribution >= 0.6 is 0 Å². The third kappa shape index (κ3) is 5.49. The number of nitrogens with zero attached hydrogens (tertiary/aromatic N) is 5. The fourth-order valence-electron chi connectivity index (χ4n) is 2.74. The van der Waals surface area contributed by atoms with E-state index in [4.69, 9.17) is 4.42 Å². The molecule has 2 amide bonds. The molecule has 2 aromatic heterocycles. The van der Waals surface area contributed by atoms with Crippen LogP contribution in [0.5, 0.6) is 0 Å². The maximum Gasteiger partial charge on any atom is 0.251 e. The number of tetrazole rings is 1. The van der Waals surface area contributed by atoms with Gasteiger partial charge in [0.05, 0.1) is 0 Å². The van der Waals surface area contributed by atoms with Crippen LogP contribution in [0, 0.1) is 12.7 Å². The fourth-order valence-corrected chi connectivity index (χ4v) is 2.74. The van der Waals surface area contributed by atoms with Gasteiger partial charge in [-0.15, -0.1) is 10.2 Å². The van der Waals surface area contributed by atoms with Gasteiger partial charge < -0.3 is 14.6 Å². The number of anilines is 1. The van der Waals surface area contributed by atoms with Crippen LogP contribution in [-0.2, 0) is 16.1 Å². The van der Waals surface area contributed by atoms with Gasteiger partial charge >= 0.3 is 0 Å². The Morgan fingerprint density at radius 3 is 2.63 bits per heavy atom. The van der Waals surface area contributed by atoms with Gasteiger partial charge in [-0.2, -0.15) is 4.80 Å². The first-order valence-electron chi connectivity index (χ1n) is 9.32. The zero-order valence-electron chi connectivity index (χ0n) is 17.2. The van der Waals surface area contributed by atoms with Crippen molar-refractivity contribution in [3.05, 3.63) is 48.0 Å². The third-order valence-electron chi connectivity index (χ3n) is 3.93. The van der Waals surface area contributed by atoms with Crippen molar-refractivity contribution < 1.29 is 18.4 Å². The topological polar surface area (TPSA) is 106 Å². The second kappa shape index (κ2) is 8.44. The quantitative estimate of drug-likeness (QED) is 0.664. The molecule has 0 aliphatic rings. The highest BCUT2D eigenvalue weighted by molar-refractivity contribution is 5.98. The van der Waals surface area contributed by atoms with Crippen molar-refractivity contribution in [2.24, 2.45) is 0 Å². The number of benzene rings is 1. The van der Waals surface area contributed by atoms with Crippen LogP contribution < -0.4 is 10.2 Å². The van der Waals surface area contributed by atoms with E-state index in [0.29, 0.717) is 11.5 Å². The number of aromatic nitrogens is 4. The van der Waals surface area contributed by atoms with Crippen molar-refractivity contribution in [1.29, 1.82) is 0 Å². The molecule has 0 fully saturated rings. The number of furan rings is 1. The average Bonchev–Trinajstić information content (AvgIpc) is 3.27. The minimum atomic E-state index is -0.518. The van der Waals surface area contributed by atoms with Crippen LogP contribution in [0.4, 0.5) is 10.1 Å². The summed E-state index contributed by atoms with van der Waals surface area (Å²) in [6, 6.07) is 8.94. The van der Waals surface area contributed by atoms with Crippen molar-refractivity contribution in [2.45, 2.75) is 39.8 Å². The molecule has 0 aliphatic heterocycles. The van der Waals surface area contributed by atoms with E-state index in [1.807, 2.05) is 20.8 Å². The SMILES string of the molecule is Cc1ccc(-c2nnn(CC(=O)N(CC(=O)NC(C)(C)C)c3cccc(F)c3)n2)o1. The number of rotatable bonds is 6. The van der Waals surface area contributed by atoms with Gasteiger partial charge in [-0.1, -0.05) is 6.07 Å². The summed E-state index contributed by atoms with van der Waals surface area (Å²) in [4.78, 5) is 27.6. The predicted octanol–water partition coefficient (Wildman–Crippen LogP) is 2.33. The van der Waals surface area contributed by atoms with Crippen molar-refractivity contribution in [1.82, 2.24) is 25.5 Å². The highest BCUT2D eigenvalue weighted by Crippen LogP contribution is 2.18. The first-order valence-corrected chi connectivity index (χ1v) is 9.32. The molecule has 3 aromatic rings. The third-order valence-corrected chi connectivity index (χ3v) is 3.93. The maximum atomic E-state index is 13.7. The minimum Gasteiger partial charge on any atom is -0.458 e. The number of aryl methyl sites for hydroxylation is 1. The average molecular weight is 414 g/mol. The largest absolute Gasteiger partial charge is 0.458 e. The van der Waals surface area contributed by atoms with Gasteiger partial charge in [0, 0.05) is 11.2 Å². The van der Waals surface area contributed by atoms with Gasteiger partial charge in [-0.05, 0) is 63.2 Å². The summed E-state index contributed by atoms with van der Waals surface area (Å²) >= 11 is 0. The molecule has 2 heterocycles. The molecule has 3 rings (SSSR count). The predicted molar refractivity (Wildman–Crippen MR) is 107 cm³/mol. The number of carbonyl (C=O) groups excluding carboxylic acids is 2. The Hall–Kier alpha value is -3.56. The number of halogens is 1. The van der Waals surface area contributed by atoms with E-state index in [0.717, 1.165) is 4.80 Å². The molecular weight excluding hydrogens is 391 g/mol. The number of hydrogen-bond donors (Lipinski definition) is 1. The Labute approximate surface area is 172 Å². The molecule has 30 heavy (non-hydrogen) atoms. The van der Waals surface area contributed by atoms with E-state index >= 15 is 0 Å². The van der Waals surface area contributed by atoms with E-state index in [2.05, 4.69) is 20.7 Å². The molecular formula is C20H23FN6O3. The summed E-state index contributed by atoms with van der Waals surface area (Å²) in [5.41, 5.74) is -0.219. The monoisotopic (exact) mass is 414 g/mol. The summed E-state index contributed by atoms with van der Waals surface area (Å²) in [5, 5.41) is 14.7. The number of amides is 2. The van der Waals surface area contributed by atoms with Gasteiger partial charge in [0.25, 0.3) is 5.91 Å². The summed E-state index contributed by atoms with van der Waals surface area (Å²) < 4.78 is 19.2. The lowest BCUT2D eigenvalue weighted by Crippen LogP contribution is -2.48. The Balaban J connectivity index is 1.79. The van der Waals surface area contributed by atoms with Crippen LogP contribution in [0.3, 0.4) is 0 Å². The maximum absolute atomic E-state index is 13.7. The number of nitrogens with one attached hydrogen (secondary N) is 1. The Bertz CT molecular complexity index is 1050. The minimum absolute atomic E-state index is 0.235. The first kappa shape index (κ1) is 21.2. The van der Waals surface area contributed by atoms with Gasteiger partial charge in [-0.25, -0.2) is 4.39 Å². The normalized spacial score (nSPS) is 11.4. The number of hydrogen-bond acceptors (Lipinski definition) is 6. The second-order valence-corrected chi connectivity index (χ2v) is 7.81. The van der Waals surface area contributed by atoms with Crippen LogP contribution in [0.2, 0.25) is 0 Å². The van der Waals surface area contributed by atoms with Crippen molar-refractivity contribution in [3.8, 4) is 11.6 Å². The van der Waals surface area contributed by atoms with Crippen LogP contribution in [-0.4, -0.2) is 44.1 Å². The molecule has 1 N–H and O–H groups in total. The lowest BCUT2D eigenvalue weighted by Gasteiger charge is -2.26. The van der Waals surface area contributed by atoms with Crippen LogP contribution in [0.1, 0.15) is 26.5 Å². The van der Waals surface area contributed by atoms with E-state index in [-0.39, 0.29) is 30.5 Å². The highest BCUT2D eigenvalue weighted by atomic mass is 19.1. The van der Waals surface area contributed by atoms with E-state index in [9.17, 15) is 14.0 Å².